The number of halogens is 2. The largest absolute Gasteiger partial charge is 0.497 e. The van der Waals surface area contributed by atoms with E-state index in [0.29, 0.717) is 21.9 Å². The van der Waals surface area contributed by atoms with Crippen molar-refractivity contribution in [3.63, 3.8) is 0 Å². The highest BCUT2D eigenvalue weighted by molar-refractivity contribution is 7.98. The lowest BCUT2D eigenvalue weighted by molar-refractivity contribution is 0.391. The number of nitrogens with one attached hydrogen (secondary N) is 1. The third-order valence-corrected chi connectivity index (χ3v) is 7.70. The van der Waals surface area contributed by atoms with E-state index in [-0.39, 0.29) is 15.7 Å². The third-order valence-electron chi connectivity index (χ3n) is 4.67. The highest BCUT2D eigenvalue weighted by Gasteiger charge is 2.28. The van der Waals surface area contributed by atoms with Crippen molar-refractivity contribution < 1.29 is 17.9 Å². The number of thioether (sulfide) groups is 1. The molecule has 0 aliphatic rings. The first-order valence-electron chi connectivity index (χ1n) is 9.13. The van der Waals surface area contributed by atoms with Gasteiger partial charge in [0.25, 0.3) is 0 Å². The van der Waals surface area contributed by atoms with Gasteiger partial charge in [0, 0.05) is 11.0 Å². The molecule has 5 nitrogen and oxygen atoms in total. The SMILES string of the molecule is COc1ccc(OC)c(S(=O)(=O)NC(c2ccc(SC)cc2)c2cccc(Cl)c2Cl)c1. The zero-order valence-corrected chi connectivity index (χ0v) is 20.2. The number of hydrogen-bond donors (Lipinski definition) is 1. The van der Waals surface area contributed by atoms with Crippen LogP contribution in [0.2, 0.25) is 10.0 Å². The van der Waals surface area contributed by atoms with Crippen molar-refractivity contribution in [1.29, 1.82) is 0 Å². The standard InChI is InChI=1S/C22H21Cl2NO4S2/c1-28-15-9-12-19(29-2)20(13-15)31(26,27)25-22(14-7-10-16(30-3)11-8-14)17-5-4-6-18(23)21(17)24/h4-13,22,25H,1-3H3. The second-order valence-electron chi connectivity index (χ2n) is 6.49. The molecular weight excluding hydrogens is 477 g/mol. The Kier molecular flexibility index (Phi) is 7.78. The van der Waals surface area contributed by atoms with Gasteiger partial charge in [-0.3, -0.25) is 0 Å². The predicted octanol–water partition coefficient (Wildman–Crippen LogP) is 5.80. The summed E-state index contributed by atoms with van der Waals surface area (Å²) >= 11 is 14.3. The van der Waals surface area contributed by atoms with Crippen LogP contribution in [-0.4, -0.2) is 28.9 Å². The van der Waals surface area contributed by atoms with Gasteiger partial charge in [-0.05, 0) is 47.7 Å². The average molecular weight is 498 g/mol. The first-order valence-corrected chi connectivity index (χ1v) is 12.6. The van der Waals surface area contributed by atoms with Crippen LogP contribution in [0.3, 0.4) is 0 Å². The van der Waals surface area contributed by atoms with Crippen molar-refractivity contribution in [2.45, 2.75) is 15.8 Å². The van der Waals surface area contributed by atoms with Gasteiger partial charge in [0.2, 0.25) is 10.0 Å². The smallest absolute Gasteiger partial charge is 0.245 e. The third kappa shape index (κ3) is 5.30. The summed E-state index contributed by atoms with van der Waals surface area (Å²) in [5.74, 6) is 0.588. The number of benzene rings is 3. The molecule has 0 saturated carbocycles. The quantitative estimate of drug-likeness (QED) is 0.398. The lowest BCUT2D eigenvalue weighted by atomic mass is 10.00. The van der Waals surface area contributed by atoms with Crippen LogP contribution in [0.25, 0.3) is 0 Å². The molecule has 1 N–H and O–H groups in total. The van der Waals surface area contributed by atoms with Crippen LogP contribution in [-0.2, 0) is 10.0 Å². The summed E-state index contributed by atoms with van der Waals surface area (Å²) in [4.78, 5) is 1.01. The molecule has 164 valence electrons. The highest BCUT2D eigenvalue weighted by atomic mass is 35.5. The van der Waals surface area contributed by atoms with Gasteiger partial charge in [-0.15, -0.1) is 11.8 Å². The summed E-state index contributed by atoms with van der Waals surface area (Å²) in [6.45, 7) is 0. The molecule has 0 bridgehead atoms. The second kappa shape index (κ2) is 10.1. The molecular formula is C22H21Cl2NO4S2. The maximum absolute atomic E-state index is 13.4. The molecule has 1 atom stereocenters. The fraction of sp³-hybridized carbons (Fsp3) is 0.182. The van der Waals surface area contributed by atoms with E-state index in [9.17, 15) is 8.42 Å². The predicted molar refractivity (Wildman–Crippen MR) is 126 cm³/mol. The number of ether oxygens (including phenoxy) is 2. The number of hydrogen-bond acceptors (Lipinski definition) is 5. The molecule has 0 saturated heterocycles. The van der Waals surface area contributed by atoms with E-state index in [4.69, 9.17) is 32.7 Å². The van der Waals surface area contributed by atoms with Crippen molar-refractivity contribution in [2.75, 3.05) is 20.5 Å². The Morgan fingerprint density at radius 2 is 1.68 bits per heavy atom. The van der Waals surface area contributed by atoms with Gasteiger partial charge in [-0.2, -0.15) is 4.72 Å². The molecule has 0 heterocycles. The van der Waals surface area contributed by atoms with Crippen molar-refractivity contribution in [3.05, 3.63) is 81.8 Å². The zero-order valence-electron chi connectivity index (χ0n) is 17.1. The Balaban J connectivity index is 2.13. The molecule has 0 aliphatic heterocycles. The normalized spacial score (nSPS) is 12.4. The molecule has 3 aromatic carbocycles. The Morgan fingerprint density at radius 3 is 2.29 bits per heavy atom. The van der Waals surface area contributed by atoms with E-state index in [0.717, 1.165) is 4.90 Å². The molecule has 3 rings (SSSR count). The first kappa shape index (κ1) is 23.8. The van der Waals surface area contributed by atoms with E-state index in [1.807, 2.05) is 30.5 Å². The van der Waals surface area contributed by atoms with E-state index < -0.39 is 16.1 Å². The Labute approximate surface area is 196 Å². The van der Waals surface area contributed by atoms with E-state index >= 15 is 0 Å². The molecule has 0 aliphatic carbocycles. The molecule has 3 aromatic rings. The highest BCUT2D eigenvalue weighted by Crippen LogP contribution is 2.36. The van der Waals surface area contributed by atoms with Gasteiger partial charge in [-0.25, -0.2) is 8.42 Å². The van der Waals surface area contributed by atoms with Crippen molar-refractivity contribution >= 4 is 45.0 Å². The molecule has 0 spiro atoms. The van der Waals surface area contributed by atoms with Crippen LogP contribution < -0.4 is 14.2 Å². The van der Waals surface area contributed by atoms with Crippen LogP contribution in [0.5, 0.6) is 11.5 Å². The lowest BCUT2D eigenvalue weighted by Gasteiger charge is -2.22. The minimum Gasteiger partial charge on any atom is -0.497 e. The molecule has 0 aromatic heterocycles. The van der Waals surface area contributed by atoms with Gasteiger partial charge in [0.1, 0.15) is 16.4 Å². The van der Waals surface area contributed by atoms with Gasteiger partial charge >= 0.3 is 0 Å². The minimum atomic E-state index is -4.04. The molecule has 0 fully saturated rings. The summed E-state index contributed by atoms with van der Waals surface area (Å²) < 4.78 is 40.1. The summed E-state index contributed by atoms with van der Waals surface area (Å²) in [6.07, 6.45) is 1.97. The molecule has 31 heavy (non-hydrogen) atoms. The van der Waals surface area contributed by atoms with Crippen LogP contribution in [0.15, 0.2) is 70.5 Å². The summed E-state index contributed by atoms with van der Waals surface area (Å²) in [7, 11) is -1.16. The van der Waals surface area contributed by atoms with Gasteiger partial charge in [-0.1, -0.05) is 47.5 Å². The Bertz CT molecular complexity index is 1170. The van der Waals surface area contributed by atoms with E-state index in [2.05, 4.69) is 4.72 Å². The van der Waals surface area contributed by atoms with Crippen LogP contribution in [0, 0.1) is 0 Å². The van der Waals surface area contributed by atoms with E-state index in [1.165, 1.54) is 20.3 Å². The summed E-state index contributed by atoms with van der Waals surface area (Å²) in [5, 5.41) is 0.617. The maximum Gasteiger partial charge on any atom is 0.245 e. The van der Waals surface area contributed by atoms with Gasteiger partial charge < -0.3 is 9.47 Å². The van der Waals surface area contributed by atoms with Crippen LogP contribution in [0.4, 0.5) is 0 Å². The van der Waals surface area contributed by atoms with Gasteiger partial charge in [0.15, 0.2) is 0 Å². The number of methoxy groups -OCH3 is 2. The fourth-order valence-corrected chi connectivity index (χ4v) is 5.28. The molecule has 1 unspecified atom stereocenters. The van der Waals surface area contributed by atoms with Crippen molar-refractivity contribution in [2.24, 2.45) is 0 Å². The molecule has 9 heteroatoms. The summed E-state index contributed by atoms with van der Waals surface area (Å²) in [6, 6.07) is 16.5. The molecule has 0 amide bonds. The number of rotatable bonds is 8. The topological polar surface area (TPSA) is 64.6 Å². The fourth-order valence-electron chi connectivity index (χ4n) is 3.06. The maximum atomic E-state index is 13.4. The monoisotopic (exact) mass is 497 g/mol. The average Bonchev–Trinajstić information content (AvgIpc) is 2.79. The van der Waals surface area contributed by atoms with E-state index in [1.54, 1.807) is 42.1 Å². The van der Waals surface area contributed by atoms with Crippen LogP contribution >= 0.6 is 35.0 Å². The molecule has 0 radical (unpaired) electrons. The number of sulfonamides is 1. The Hall–Kier alpha value is -1.90. The van der Waals surface area contributed by atoms with Gasteiger partial charge in [0.05, 0.1) is 30.3 Å². The Morgan fingerprint density at radius 1 is 0.968 bits per heavy atom. The summed E-state index contributed by atoms with van der Waals surface area (Å²) in [5.41, 5.74) is 1.25. The lowest BCUT2D eigenvalue weighted by Crippen LogP contribution is -2.30. The van der Waals surface area contributed by atoms with Crippen molar-refractivity contribution in [1.82, 2.24) is 4.72 Å². The minimum absolute atomic E-state index is 0.0433. The van der Waals surface area contributed by atoms with Crippen molar-refractivity contribution in [3.8, 4) is 11.5 Å². The second-order valence-corrected chi connectivity index (χ2v) is 9.83. The zero-order chi connectivity index (χ0) is 22.6. The van der Waals surface area contributed by atoms with Crippen LogP contribution in [0.1, 0.15) is 17.2 Å². The first-order chi connectivity index (χ1) is 14.8.